The number of rotatable bonds is 2. The van der Waals surface area contributed by atoms with E-state index >= 15 is 0 Å². The Balaban J connectivity index is 1.98. The van der Waals surface area contributed by atoms with Crippen LogP contribution in [0.2, 0.25) is 0 Å². The van der Waals surface area contributed by atoms with Crippen molar-refractivity contribution in [2.24, 2.45) is 0 Å². The number of benzene rings is 1. The van der Waals surface area contributed by atoms with E-state index in [2.05, 4.69) is 31.2 Å². The topological polar surface area (TPSA) is 0 Å². The van der Waals surface area contributed by atoms with Crippen LogP contribution in [0.3, 0.4) is 0 Å². The van der Waals surface area contributed by atoms with Crippen molar-refractivity contribution in [2.45, 2.75) is 31.8 Å². The fraction of sp³-hybridized carbons (Fsp3) is 0.455. The average molecular weight is 178 g/mol. The first-order chi connectivity index (χ1) is 5.84. The van der Waals surface area contributed by atoms with Crippen LogP contribution in [0, 0.1) is 6.92 Å². The molecule has 0 N–H and O–H groups in total. The first-order valence-corrected chi connectivity index (χ1v) is 5.75. The molecular formula is C11H15P. The van der Waals surface area contributed by atoms with Gasteiger partial charge >= 0.3 is 0 Å². The minimum Gasteiger partial charge on any atom is -0.0872 e. The number of aryl methyl sites for hydroxylation is 1. The molecule has 1 unspecified atom stereocenters. The summed E-state index contributed by atoms with van der Waals surface area (Å²) in [5.74, 6) is 0. The summed E-state index contributed by atoms with van der Waals surface area (Å²) in [5.41, 5.74) is 2.39. The van der Waals surface area contributed by atoms with Gasteiger partial charge in [-0.3, -0.25) is 0 Å². The van der Waals surface area contributed by atoms with Gasteiger partial charge in [-0.25, -0.2) is 0 Å². The van der Waals surface area contributed by atoms with Gasteiger partial charge in [0.1, 0.15) is 0 Å². The van der Waals surface area contributed by atoms with Gasteiger partial charge in [0.05, 0.1) is 0 Å². The van der Waals surface area contributed by atoms with Gasteiger partial charge in [-0.15, -0.1) is 0 Å². The highest BCUT2D eigenvalue weighted by molar-refractivity contribution is 7.48. The van der Waals surface area contributed by atoms with Gasteiger partial charge in [-0.2, -0.15) is 0 Å². The SMILES string of the molecule is Cc1ccc(PC2CCC2)cc1. The quantitative estimate of drug-likeness (QED) is 0.611. The summed E-state index contributed by atoms with van der Waals surface area (Å²) in [6.07, 6.45) is 4.39. The zero-order valence-electron chi connectivity index (χ0n) is 7.51. The van der Waals surface area contributed by atoms with Crippen molar-refractivity contribution in [2.75, 3.05) is 0 Å². The molecule has 2 rings (SSSR count). The Hall–Kier alpha value is -0.350. The van der Waals surface area contributed by atoms with Crippen molar-refractivity contribution >= 4 is 13.9 Å². The number of hydrogen-bond acceptors (Lipinski definition) is 0. The largest absolute Gasteiger partial charge is 0.0872 e. The van der Waals surface area contributed by atoms with Crippen LogP contribution in [0.25, 0.3) is 0 Å². The van der Waals surface area contributed by atoms with E-state index in [0.717, 1.165) is 14.2 Å². The predicted molar refractivity (Wildman–Crippen MR) is 56.8 cm³/mol. The lowest BCUT2D eigenvalue weighted by Crippen LogP contribution is -2.14. The van der Waals surface area contributed by atoms with Gasteiger partial charge in [0.25, 0.3) is 0 Å². The summed E-state index contributed by atoms with van der Waals surface area (Å²) in [7, 11) is 1.06. The molecule has 0 radical (unpaired) electrons. The average Bonchev–Trinajstić information content (AvgIpc) is 2.00. The first-order valence-electron chi connectivity index (χ1n) is 4.68. The van der Waals surface area contributed by atoms with Crippen molar-refractivity contribution in [3.63, 3.8) is 0 Å². The van der Waals surface area contributed by atoms with Crippen molar-refractivity contribution in [3.05, 3.63) is 29.8 Å². The maximum absolute atomic E-state index is 2.28. The molecule has 12 heavy (non-hydrogen) atoms. The highest BCUT2D eigenvalue weighted by atomic mass is 31.1. The Kier molecular flexibility index (Phi) is 2.46. The molecule has 0 bridgehead atoms. The Morgan fingerprint density at radius 2 is 1.83 bits per heavy atom. The molecule has 0 amide bonds. The summed E-state index contributed by atoms with van der Waals surface area (Å²) in [6, 6.07) is 9.01. The van der Waals surface area contributed by atoms with E-state index in [-0.39, 0.29) is 0 Å². The lowest BCUT2D eigenvalue weighted by Gasteiger charge is -2.25. The van der Waals surface area contributed by atoms with Gasteiger partial charge in [0.2, 0.25) is 0 Å². The molecule has 1 saturated carbocycles. The van der Waals surface area contributed by atoms with Crippen LogP contribution in [0.15, 0.2) is 24.3 Å². The fourth-order valence-corrected chi connectivity index (χ4v) is 2.97. The predicted octanol–water partition coefficient (Wildman–Crippen LogP) is 2.85. The van der Waals surface area contributed by atoms with Crippen LogP contribution in [0.4, 0.5) is 0 Å². The molecule has 0 heterocycles. The smallest absolute Gasteiger partial charge is 0.0196 e. The number of hydrogen-bond donors (Lipinski definition) is 0. The third kappa shape index (κ3) is 1.87. The van der Waals surface area contributed by atoms with Gasteiger partial charge in [-0.05, 0) is 30.7 Å². The zero-order valence-corrected chi connectivity index (χ0v) is 8.51. The molecule has 1 aromatic rings. The molecule has 1 fully saturated rings. The standard InChI is InChI=1S/C11H15P/c1-9-5-7-11(8-6-9)12-10-3-2-4-10/h5-8,10,12H,2-4H2,1H3. The molecule has 0 spiro atoms. The maximum Gasteiger partial charge on any atom is -0.0196 e. The second kappa shape index (κ2) is 3.58. The molecule has 1 heteroatoms. The van der Waals surface area contributed by atoms with Gasteiger partial charge in [0, 0.05) is 0 Å². The summed E-state index contributed by atoms with van der Waals surface area (Å²) in [4.78, 5) is 0. The Morgan fingerprint density at radius 1 is 1.17 bits per heavy atom. The fourth-order valence-electron chi connectivity index (χ4n) is 1.44. The van der Waals surface area contributed by atoms with Crippen LogP contribution in [-0.2, 0) is 0 Å². The lowest BCUT2D eigenvalue weighted by atomic mass is 10.00. The lowest BCUT2D eigenvalue weighted by molar-refractivity contribution is 0.520. The van der Waals surface area contributed by atoms with Crippen molar-refractivity contribution < 1.29 is 0 Å². The van der Waals surface area contributed by atoms with Gasteiger partial charge in [-0.1, -0.05) is 44.8 Å². The van der Waals surface area contributed by atoms with E-state index in [1.807, 2.05) is 0 Å². The molecule has 0 aliphatic heterocycles. The van der Waals surface area contributed by atoms with Crippen LogP contribution in [0.1, 0.15) is 24.8 Å². The van der Waals surface area contributed by atoms with Gasteiger partial charge < -0.3 is 0 Å². The van der Waals surface area contributed by atoms with Crippen LogP contribution in [0.5, 0.6) is 0 Å². The van der Waals surface area contributed by atoms with Crippen molar-refractivity contribution in [1.29, 1.82) is 0 Å². The van der Waals surface area contributed by atoms with E-state index in [0.29, 0.717) is 0 Å². The van der Waals surface area contributed by atoms with Crippen LogP contribution >= 0.6 is 8.58 Å². The second-order valence-corrected chi connectivity index (χ2v) is 5.32. The molecule has 1 aliphatic rings. The first kappa shape index (κ1) is 8.26. The third-order valence-corrected chi connectivity index (χ3v) is 4.18. The molecule has 64 valence electrons. The van der Waals surface area contributed by atoms with E-state index in [1.54, 1.807) is 5.30 Å². The minimum absolute atomic E-state index is 1.02. The van der Waals surface area contributed by atoms with E-state index in [1.165, 1.54) is 24.8 Å². The maximum atomic E-state index is 2.28. The summed E-state index contributed by atoms with van der Waals surface area (Å²) < 4.78 is 0. The highest BCUT2D eigenvalue weighted by Gasteiger charge is 2.17. The summed E-state index contributed by atoms with van der Waals surface area (Å²) in [6.45, 7) is 2.15. The Labute approximate surface area is 76.2 Å². The molecule has 1 aromatic carbocycles. The molecule has 0 aromatic heterocycles. The third-order valence-electron chi connectivity index (χ3n) is 2.53. The molecular weight excluding hydrogens is 163 g/mol. The Morgan fingerprint density at radius 3 is 2.33 bits per heavy atom. The van der Waals surface area contributed by atoms with Crippen molar-refractivity contribution in [3.8, 4) is 0 Å². The van der Waals surface area contributed by atoms with Crippen LogP contribution < -0.4 is 5.30 Å². The van der Waals surface area contributed by atoms with E-state index in [4.69, 9.17) is 0 Å². The van der Waals surface area contributed by atoms with Gasteiger partial charge in [0.15, 0.2) is 0 Å². The van der Waals surface area contributed by atoms with E-state index in [9.17, 15) is 0 Å². The monoisotopic (exact) mass is 178 g/mol. The zero-order chi connectivity index (χ0) is 8.39. The molecule has 1 aliphatic carbocycles. The Bertz CT molecular complexity index is 246. The normalized spacial score (nSPS) is 18.4. The van der Waals surface area contributed by atoms with Crippen LogP contribution in [-0.4, -0.2) is 5.66 Å². The van der Waals surface area contributed by atoms with E-state index < -0.39 is 0 Å². The molecule has 0 nitrogen and oxygen atoms in total. The summed E-state index contributed by atoms with van der Waals surface area (Å²) in [5, 5.41) is 1.55. The van der Waals surface area contributed by atoms with Crippen molar-refractivity contribution in [1.82, 2.24) is 0 Å². The highest BCUT2D eigenvalue weighted by Crippen LogP contribution is 2.35. The summed E-state index contributed by atoms with van der Waals surface area (Å²) >= 11 is 0. The molecule has 1 atom stereocenters. The second-order valence-electron chi connectivity index (χ2n) is 3.64. The minimum atomic E-state index is 1.02. The molecule has 0 saturated heterocycles.